The zero-order chi connectivity index (χ0) is 32.4. The maximum atomic E-state index is 12.1. The number of anilines is 1. The van der Waals surface area contributed by atoms with E-state index in [0.717, 1.165) is 66.9 Å². The number of carbonyl (C=O) groups excluding carboxylic acids is 2. The lowest BCUT2D eigenvalue weighted by Crippen LogP contribution is -2.45. The molecule has 3 N–H and O–H groups in total. The first-order chi connectivity index (χ1) is 20.0. The number of nitrogens with zero attached hydrogens (tertiary/aromatic N) is 5. The number of carbonyl (C=O) groups is 2. The summed E-state index contributed by atoms with van der Waals surface area (Å²) in [5.41, 5.74) is 3.93. The monoisotopic (exact) mass is 656 g/mol. The predicted octanol–water partition coefficient (Wildman–Crippen LogP) is 5.14. The number of aryl methyl sites for hydroxylation is 2. The van der Waals surface area contributed by atoms with Crippen LogP contribution in [-0.2, 0) is 35.3 Å². The van der Waals surface area contributed by atoms with Gasteiger partial charge in [0.05, 0.1) is 24.5 Å². The molecule has 0 saturated heterocycles. The fourth-order valence-electron chi connectivity index (χ4n) is 4.75. The third kappa shape index (κ3) is 13.5. The number of halogens is 3. The highest BCUT2D eigenvalue weighted by Gasteiger charge is 2.22. The number of rotatable bonds is 5. The molecule has 2 aliphatic rings. The average Bonchev–Trinajstić information content (AvgIpc) is 2.86. The van der Waals surface area contributed by atoms with Gasteiger partial charge >= 0.3 is 0 Å². The minimum Gasteiger partial charge on any atom is -0.350 e. The highest BCUT2D eigenvalue weighted by atomic mass is 35.5. The SMILES string of the molecule is CN(CC(=O)NC(C)(C)C)c1nc(Cl)nc2c1CCCC2.CNCC(=O)NC(C)(C)C.Clc1nc(Cl)c2c(n1)CCCC2. The van der Waals surface area contributed by atoms with Crippen LogP contribution in [0.5, 0.6) is 0 Å². The molecule has 0 saturated carbocycles. The van der Waals surface area contributed by atoms with E-state index in [4.69, 9.17) is 34.8 Å². The van der Waals surface area contributed by atoms with E-state index in [-0.39, 0.29) is 40.0 Å². The molecule has 240 valence electrons. The Kier molecular flexibility index (Phi) is 14.3. The largest absolute Gasteiger partial charge is 0.350 e. The molecule has 10 nitrogen and oxygen atoms in total. The van der Waals surface area contributed by atoms with Crippen molar-refractivity contribution in [2.75, 3.05) is 32.1 Å². The average molecular weight is 658 g/mol. The number of amides is 2. The normalized spacial score (nSPS) is 14.1. The van der Waals surface area contributed by atoms with Crippen LogP contribution < -0.4 is 20.9 Å². The number of hydrogen-bond acceptors (Lipinski definition) is 8. The molecule has 2 aromatic heterocycles. The Morgan fingerprint density at radius 2 is 1.19 bits per heavy atom. The van der Waals surface area contributed by atoms with Crippen LogP contribution >= 0.6 is 34.8 Å². The Hall–Kier alpha value is -2.27. The van der Waals surface area contributed by atoms with Gasteiger partial charge in [-0.1, -0.05) is 11.6 Å². The number of aromatic nitrogens is 4. The van der Waals surface area contributed by atoms with E-state index in [2.05, 4.69) is 35.9 Å². The summed E-state index contributed by atoms with van der Waals surface area (Å²) in [5, 5.41) is 9.61. The molecule has 2 heterocycles. The van der Waals surface area contributed by atoms with Gasteiger partial charge in [0.15, 0.2) is 0 Å². The van der Waals surface area contributed by atoms with Crippen molar-refractivity contribution in [3.05, 3.63) is 38.2 Å². The zero-order valence-corrected chi connectivity index (χ0v) is 29.0. The maximum absolute atomic E-state index is 12.1. The van der Waals surface area contributed by atoms with Crippen molar-refractivity contribution in [3.8, 4) is 0 Å². The van der Waals surface area contributed by atoms with Gasteiger partial charge < -0.3 is 20.9 Å². The Morgan fingerprint density at radius 3 is 1.72 bits per heavy atom. The summed E-state index contributed by atoms with van der Waals surface area (Å²) in [6.07, 6.45) is 8.48. The molecule has 13 heteroatoms. The Morgan fingerprint density at radius 1 is 0.721 bits per heavy atom. The van der Waals surface area contributed by atoms with E-state index in [1.807, 2.05) is 53.5 Å². The lowest BCUT2D eigenvalue weighted by atomic mass is 9.96. The summed E-state index contributed by atoms with van der Waals surface area (Å²) in [6.45, 7) is 12.4. The Labute approximate surface area is 271 Å². The van der Waals surface area contributed by atoms with Gasteiger partial charge in [-0.2, -0.15) is 0 Å². The minimum atomic E-state index is -0.235. The van der Waals surface area contributed by atoms with Gasteiger partial charge in [-0.3, -0.25) is 9.59 Å². The molecule has 4 rings (SSSR count). The van der Waals surface area contributed by atoms with Gasteiger partial charge in [0, 0.05) is 29.3 Å². The standard InChI is InChI=1S/C15H23ClN4O.C8H8Cl2N2.C7H16N2O/c1-15(2,3)19-12(21)9-20(4)13-10-7-5-6-8-11(10)17-14(16)18-13;9-7-5-3-1-2-4-6(5)11-8(10)12-7;1-7(2,3)9-6(10)5-8-4/h5-9H2,1-4H3,(H,19,21);1-4H2;8H,5H2,1-4H3,(H,9,10). The van der Waals surface area contributed by atoms with Crippen molar-refractivity contribution in [1.82, 2.24) is 35.9 Å². The molecule has 0 spiro atoms. The second-order valence-electron chi connectivity index (χ2n) is 12.8. The number of likely N-dealkylation sites (N-methyl/N-ethyl adjacent to an activating group) is 2. The van der Waals surface area contributed by atoms with E-state index in [0.29, 0.717) is 11.7 Å². The van der Waals surface area contributed by atoms with Gasteiger partial charge in [-0.15, -0.1) is 0 Å². The van der Waals surface area contributed by atoms with E-state index < -0.39 is 0 Å². The number of fused-ring (bicyclic) bond motifs is 2. The van der Waals surface area contributed by atoms with E-state index >= 15 is 0 Å². The maximum Gasteiger partial charge on any atom is 0.239 e. The fraction of sp³-hybridized carbons (Fsp3) is 0.667. The van der Waals surface area contributed by atoms with E-state index in [1.165, 1.54) is 12.8 Å². The summed E-state index contributed by atoms with van der Waals surface area (Å²) >= 11 is 17.6. The van der Waals surface area contributed by atoms with Gasteiger partial charge in [-0.25, -0.2) is 19.9 Å². The first-order valence-electron chi connectivity index (χ1n) is 14.7. The quantitative estimate of drug-likeness (QED) is 0.298. The molecule has 2 aromatic rings. The summed E-state index contributed by atoms with van der Waals surface area (Å²) in [5.74, 6) is 0.799. The van der Waals surface area contributed by atoms with Crippen molar-refractivity contribution in [2.24, 2.45) is 0 Å². The number of hydrogen-bond donors (Lipinski definition) is 3. The predicted molar refractivity (Wildman–Crippen MR) is 175 cm³/mol. The van der Waals surface area contributed by atoms with Gasteiger partial charge in [0.2, 0.25) is 22.4 Å². The van der Waals surface area contributed by atoms with Crippen LogP contribution in [0, 0.1) is 0 Å². The van der Waals surface area contributed by atoms with Crippen LogP contribution in [0.2, 0.25) is 15.7 Å². The van der Waals surface area contributed by atoms with Gasteiger partial charge in [0.1, 0.15) is 11.0 Å². The van der Waals surface area contributed by atoms with Crippen LogP contribution in [-0.4, -0.2) is 70.0 Å². The van der Waals surface area contributed by atoms with Gasteiger partial charge in [-0.05, 0) is 123 Å². The Bertz CT molecular complexity index is 1250. The first-order valence-corrected chi connectivity index (χ1v) is 15.9. The number of nitrogens with one attached hydrogen (secondary N) is 3. The first kappa shape index (κ1) is 36.9. The zero-order valence-electron chi connectivity index (χ0n) is 26.8. The van der Waals surface area contributed by atoms with Crippen LogP contribution in [0.4, 0.5) is 5.82 Å². The highest BCUT2D eigenvalue weighted by Crippen LogP contribution is 2.29. The topological polar surface area (TPSA) is 125 Å². The summed E-state index contributed by atoms with van der Waals surface area (Å²) in [7, 11) is 3.62. The summed E-state index contributed by atoms with van der Waals surface area (Å²) in [6, 6.07) is 0. The molecule has 43 heavy (non-hydrogen) atoms. The smallest absolute Gasteiger partial charge is 0.239 e. The van der Waals surface area contributed by atoms with E-state index in [9.17, 15) is 9.59 Å². The second-order valence-corrected chi connectivity index (χ2v) is 13.9. The minimum absolute atomic E-state index is 0.0238. The van der Waals surface area contributed by atoms with Crippen molar-refractivity contribution in [2.45, 2.75) is 104 Å². The van der Waals surface area contributed by atoms with Crippen LogP contribution in [0.3, 0.4) is 0 Å². The molecular weight excluding hydrogens is 611 g/mol. The molecule has 0 aromatic carbocycles. The van der Waals surface area contributed by atoms with Crippen molar-refractivity contribution < 1.29 is 9.59 Å². The summed E-state index contributed by atoms with van der Waals surface area (Å²) < 4.78 is 0. The molecule has 2 aliphatic carbocycles. The molecule has 0 bridgehead atoms. The van der Waals surface area contributed by atoms with Crippen molar-refractivity contribution in [1.29, 1.82) is 0 Å². The van der Waals surface area contributed by atoms with Crippen molar-refractivity contribution >= 4 is 52.4 Å². The molecule has 0 radical (unpaired) electrons. The van der Waals surface area contributed by atoms with E-state index in [1.54, 1.807) is 7.05 Å². The lowest BCUT2D eigenvalue weighted by molar-refractivity contribution is -0.122. The Balaban J connectivity index is 0.000000248. The third-order valence-corrected chi connectivity index (χ3v) is 7.00. The third-order valence-electron chi connectivity index (χ3n) is 6.35. The van der Waals surface area contributed by atoms with Gasteiger partial charge in [0.25, 0.3) is 0 Å². The molecular formula is C30H47Cl3N8O2. The summed E-state index contributed by atoms with van der Waals surface area (Å²) in [4.78, 5) is 41.5. The second kappa shape index (κ2) is 16.7. The highest BCUT2D eigenvalue weighted by molar-refractivity contribution is 6.32. The molecule has 0 fully saturated rings. The molecule has 0 atom stereocenters. The van der Waals surface area contributed by atoms with Crippen LogP contribution in [0.25, 0.3) is 0 Å². The molecule has 0 unspecified atom stereocenters. The van der Waals surface area contributed by atoms with Crippen LogP contribution in [0.1, 0.15) is 89.7 Å². The lowest BCUT2D eigenvalue weighted by Gasteiger charge is -2.26. The molecule has 2 amide bonds. The fourth-order valence-corrected chi connectivity index (χ4v) is 5.45. The van der Waals surface area contributed by atoms with Crippen LogP contribution in [0.15, 0.2) is 0 Å². The van der Waals surface area contributed by atoms with Crippen molar-refractivity contribution in [3.63, 3.8) is 0 Å². The molecule has 0 aliphatic heterocycles.